The molecule has 0 radical (unpaired) electrons. The molecule has 2 aliphatic heterocycles. The van der Waals surface area contributed by atoms with Gasteiger partial charge in [-0.3, -0.25) is 4.79 Å². The van der Waals surface area contributed by atoms with Crippen molar-refractivity contribution >= 4 is 11.9 Å². The molecular formula is C25H35N3O3. The van der Waals surface area contributed by atoms with E-state index >= 15 is 0 Å². The van der Waals surface area contributed by atoms with Crippen molar-refractivity contribution in [3.63, 3.8) is 0 Å². The third kappa shape index (κ3) is 4.53. The molecule has 1 aromatic carbocycles. The maximum atomic E-state index is 12.7. The van der Waals surface area contributed by atoms with Gasteiger partial charge in [0.05, 0.1) is 0 Å². The number of likely N-dealkylation sites (tertiary alicyclic amines) is 1. The van der Waals surface area contributed by atoms with Gasteiger partial charge in [0.1, 0.15) is 11.4 Å². The Morgan fingerprint density at radius 1 is 0.968 bits per heavy atom. The van der Waals surface area contributed by atoms with Crippen LogP contribution in [0.3, 0.4) is 0 Å². The molecule has 2 N–H and O–H groups in total. The molecule has 5 rings (SSSR count). The summed E-state index contributed by atoms with van der Waals surface area (Å²) in [5.74, 6) is 1.25. The number of benzene rings is 1. The number of para-hydroxylation sites is 1. The Hall–Kier alpha value is -2.24. The smallest absolute Gasteiger partial charge is 0.317 e. The van der Waals surface area contributed by atoms with Crippen LogP contribution in [0.15, 0.2) is 24.3 Å². The summed E-state index contributed by atoms with van der Waals surface area (Å²) in [6, 6.07) is 8.98. The molecule has 6 heteroatoms. The molecule has 6 nitrogen and oxygen atoms in total. The average molecular weight is 426 g/mol. The van der Waals surface area contributed by atoms with Crippen LogP contribution in [0.4, 0.5) is 4.79 Å². The van der Waals surface area contributed by atoms with Crippen molar-refractivity contribution in [3.8, 4) is 5.75 Å². The number of urea groups is 1. The third-order valence-electron chi connectivity index (χ3n) is 7.85. The maximum Gasteiger partial charge on any atom is 0.317 e. The summed E-state index contributed by atoms with van der Waals surface area (Å²) in [6.45, 7) is 1.42. The minimum Gasteiger partial charge on any atom is -0.487 e. The van der Waals surface area contributed by atoms with Crippen LogP contribution in [-0.2, 0) is 4.79 Å². The van der Waals surface area contributed by atoms with E-state index in [-0.39, 0.29) is 23.5 Å². The van der Waals surface area contributed by atoms with Gasteiger partial charge in [-0.25, -0.2) is 4.79 Å². The normalized spacial score (nSPS) is 25.4. The van der Waals surface area contributed by atoms with Crippen LogP contribution in [0.2, 0.25) is 0 Å². The highest BCUT2D eigenvalue weighted by atomic mass is 16.5. The van der Waals surface area contributed by atoms with Crippen molar-refractivity contribution < 1.29 is 14.3 Å². The maximum absolute atomic E-state index is 12.7. The first kappa shape index (κ1) is 20.7. The fourth-order valence-corrected chi connectivity index (χ4v) is 5.75. The second kappa shape index (κ2) is 8.71. The van der Waals surface area contributed by atoms with E-state index in [4.69, 9.17) is 4.74 Å². The quantitative estimate of drug-likeness (QED) is 0.763. The third-order valence-corrected chi connectivity index (χ3v) is 7.85. The molecule has 1 atom stereocenters. The largest absolute Gasteiger partial charge is 0.487 e. The number of nitrogens with zero attached hydrogens (tertiary/aromatic N) is 1. The van der Waals surface area contributed by atoms with Gasteiger partial charge in [0.2, 0.25) is 5.91 Å². The van der Waals surface area contributed by atoms with Crippen molar-refractivity contribution in [3.05, 3.63) is 29.8 Å². The summed E-state index contributed by atoms with van der Waals surface area (Å²) in [5, 5.41) is 6.41. The highest BCUT2D eigenvalue weighted by Crippen LogP contribution is 2.46. The van der Waals surface area contributed by atoms with Crippen LogP contribution in [0.25, 0.3) is 0 Å². The Morgan fingerprint density at radius 3 is 2.35 bits per heavy atom. The lowest BCUT2D eigenvalue weighted by Crippen LogP contribution is -2.54. The number of carbonyl (C=O) groups is 2. The van der Waals surface area contributed by atoms with Crippen molar-refractivity contribution in [2.75, 3.05) is 13.1 Å². The second-order valence-corrected chi connectivity index (χ2v) is 10.0. The van der Waals surface area contributed by atoms with Crippen molar-refractivity contribution in [2.45, 2.75) is 94.2 Å². The van der Waals surface area contributed by atoms with Gasteiger partial charge in [-0.2, -0.15) is 0 Å². The molecule has 3 amide bonds. The lowest BCUT2D eigenvalue weighted by atomic mass is 9.76. The van der Waals surface area contributed by atoms with Crippen LogP contribution in [-0.4, -0.2) is 47.6 Å². The molecule has 0 aromatic heterocycles. The highest BCUT2D eigenvalue weighted by Gasteiger charge is 2.44. The molecule has 1 spiro atoms. The summed E-state index contributed by atoms with van der Waals surface area (Å²) in [5.41, 5.74) is 0.873. The summed E-state index contributed by atoms with van der Waals surface area (Å²) in [4.78, 5) is 27.3. The molecule has 2 heterocycles. The van der Waals surface area contributed by atoms with Gasteiger partial charge in [0.25, 0.3) is 0 Å². The Kier molecular flexibility index (Phi) is 5.81. The number of hydrogen-bond acceptors (Lipinski definition) is 3. The number of ether oxygens (including phenoxy) is 1. The molecule has 1 saturated heterocycles. The molecule has 168 valence electrons. The summed E-state index contributed by atoms with van der Waals surface area (Å²) < 4.78 is 6.56. The van der Waals surface area contributed by atoms with Gasteiger partial charge >= 0.3 is 6.03 Å². The fraction of sp³-hybridized carbons (Fsp3) is 0.680. The summed E-state index contributed by atoms with van der Waals surface area (Å²) in [6.07, 6.45) is 11.1. The summed E-state index contributed by atoms with van der Waals surface area (Å²) in [7, 11) is 0. The first-order valence-corrected chi connectivity index (χ1v) is 12.2. The van der Waals surface area contributed by atoms with E-state index in [1.807, 2.05) is 23.1 Å². The number of carbonyl (C=O) groups excluding carboxylic acids is 2. The second-order valence-electron chi connectivity index (χ2n) is 10.0. The molecule has 1 aromatic rings. The van der Waals surface area contributed by atoms with Crippen LogP contribution in [0.1, 0.15) is 82.1 Å². The van der Waals surface area contributed by atoms with E-state index in [1.54, 1.807) is 0 Å². The predicted octanol–water partition coefficient (Wildman–Crippen LogP) is 4.10. The molecule has 2 aliphatic carbocycles. The zero-order valence-corrected chi connectivity index (χ0v) is 18.4. The monoisotopic (exact) mass is 425 g/mol. The van der Waals surface area contributed by atoms with Crippen LogP contribution in [0, 0.1) is 0 Å². The number of amides is 3. The van der Waals surface area contributed by atoms with Crippen molar-refractivity contribution in [2.24, 2.45) is 0 Å². The minimum atomic E-state index is -0.278. The van der Waals surface area contributed by atoms with Crippen LogP contribution in [0.5, 0.6) is 5.75 Å². The van der Waals surface area contributed by atoms with Gasteiger partial charge in [-0.05, 0) is 50.2 Å². The topological polar surface area (TPSA) is 70.7 Å². The van der Waals surface area contributed by atoms with Gasteiger partial charge in [-0.1, -0.05) is 31.0 Å². The van der Waals surface area contributed by atoms with Crippen LogP contribution >= 0.6 is 0 Å². The Morgan fingerprint density at radius 2 is 1.65 bits per heavy atom. The molecule has 0 bridgehead atoms. The van der Waals surface area contributed by atoms with Crippen molar-refractivity contribution in [1.29, 1.82) is 0 Å². The number of nitrogens with one attached hydrogen (secondary N) is 2. The standard InChI is InChI=1S/C25H35N3O3/c29-23(26-19-8-5-9-19)16-18-17-25(31-22-11-4-3-10-21(18)22)12-14-28(15-13-25)24(30)27-20-6-1-2-7-20/h3-4,10-11,18-20H,1-2,5-9,12-17H2,(H,26,29)(H,27,30)/t18-/m0/s1. The average Bonchev–Trinajstić information content (AvgIpc) is 3.24. The van der Waals surface area contributed by atoms with Gasteiger partial charge < -0.3 is 20.3 Å². The van der Waals surface area contributed by atoms with Gasteiger partial charge in [0, 0.05) is 50.4 Å². The summed E-state index contributed by atoms with van der Waals surface area (Å²) >= 11 is 0. The Labute approximate surface area is 185 Å². The lowest BCUT2D eigenvalue weighted by Gasteiger charge is -2.47. The van der Waals surface area contributed by atoms with Crippen molar-refractivity contribution in [1.82, 2.24) is 15.5 Å². The first-order valence-electron chi connectivity index (χ1n) is 12.2. The van der Waals surface area contributed by atoms with E-state index in [0.717, 1.165) is 56.3 Å². The predicted molar refractivity (Wildman–Crippen MR) is 119 cm³/mol. The number of hydrogen-bond donors (Lipinski definition) is 2. The molecule has 4 aliphatic rings. The van der Waals surface area contributed by atoms with E-state index in [2.05, 4.69) is 16.7 Å². The lowest BCUT2D eigenvalue weighted by molar-refractivity contribution is -0.123. The first-order chi connectivity index (χ1) is 15.1. The zero-order valence-electron chi connectivity index (χ0n) is 18.4. The molecule has 2 saturated carbocycles. The molecule has 31 heavy (non-hydrogen) atoms. The molecule has 0 unspecified atom stereocenters. The highest BCUT2D eigenvalue weighted by molar-refractivity contribution is 5.77. The number of piperidine rings is 1. The SMILES string of the molecule is O=C(C[C@H]1CC2(CCN(C(=O)NC3CCCC3)CC2)Oc2ccccc21)NC1CCC1. The van der Waals surface area contributed by atoms with Gasteiger partial charge in [-0.15, -0.1) is 0 Å². The minimum absolute atomic E-state index is 0.0781. The van der Waals surface area contributed by atoms with Crippen LogP contribution < -0.4 is 15.4 Å². The number of rotatable bonds is 4. The van der Waals surface area contributed by atoms with E-state index in [1.165, 1.54) is 19.3 Å². The van der Waals surface area contributed by atoms with E-state index in [0.29, 0.717) is 31.6 Å². The molecule has 3 fully saturated rings. The fourth-order valence-electron chi connectivity index (χ4n) is 5.75. The Balaban J connectivity index is 1.23. The van der Waals surface area contributed by atoms with Gasteiger partial charge in [0.15, 0.2) is 0 Å². The van der Waals surface area contributed by atoms with E-state index < -0.39 is 0 Å². The molecular weight excluding hydrogens is 390 g/mol. The Bertz CT molecular complexity index is 808. The van der Waals surface area contributed by atoms with E-state index in [9.17, 15) is 9.59 Å². The zero-order chi connectivity index (χ0) is 21.3. The number of fused-ring (bicyclic) bond motifs is 1.